The first-order chi connectivity index (χ1) is 8.08. The van der Waals surface area contributed by atoms with E-state index in [0.717, 1.165) is 12.2 Å². The summed E-state index contributed by atoms with van der Waals surface area (Å²) in [6, 6.07) is 6.82. The molecule has 1 heterocycles. The Morgan fingerprint density at radius 3 is 2.88 bits per heavy atom. The molecule has 0 bridgehead atoms. The van der Waals surface area contributed by atoms with E-state index in [1.165, 1.54) is 28.6 Å². The Bertz CT molecular complexity index is 394. The number of likely N-dealkylation sites (tertiary alicyclic amines) is 1. The van der Waals surface area contributed by atoms with Crippen LogP contribution in [0.3, 0.4) is 0 Å². The molecular formula is C13H20IN3. The monoisotopic (exact) mass is 345 g/mol. The third-order valence-electron chi connectivity index (χ3n) is 3.54. The molecule has 2 N–H and O–H groups in total. The molecule has 0 radical (unpaired) electrons. The number of anilines is 2. The number of benzene rings is 1. The van der Waals surface area contributed by atoms with Crippen molar-refractivity contribution in [1.29, 1.82) is 0 Å². The Balaban J connectivity index is 2.06. The van der Waals surface area contributed by atoms with E-state index in [0.29, 0.717) is 6.04 Å². The normalized spacial score (nSPS) is 20.8. The quantitative estimate of drug-likeness (QED) is 0.675. The number of rotatable bonds is 3. The van der Waals surface area contributed by atoms with Crippen LogP contribution in [0.2, 0.25) is 0 Å². The summed E-state index contributed by atoms with van der Waals surface area (Å²) in [4.78, 5) is 4.80. The Hall–Kier alpha value is -0.490. The predicted octanol–water partition coefficient (Wildman–Crippen LogP) is 2.40. The predicted molar refractivity (Wildman–Crippen MR) is 82.5 cm³/mol. The number of hydrogen-bond donors (Lipinski definition) is 1. The van der Waals surface area contributed by atoms with Crippen LogP contribution in [0, 0.1) is 3.57 Å². The van der Waals surface area contributed by atoms with Gasteiger partial charge in [-0.3, -0.25) is 0 Å². The maximum absolute atomic E-state index is 5.78. The first-order valence-electron chi connectivity index (χ1n) is 6.04. The molecule has 0 aliphatic carbocycles. The number of nitrogens with zero attached hydrogens (tertiary/aromatic N) is 2. The minimum Gasteiger partial charge on any atom is -0.399 e. The molecule has 3 nitrogen and oxygen atoms in total. The summed E-state index contributed by atoms with van der Waals surface area (Å²) < 4.78 is 1.23. The summed E-state index contributed by atoms with van der Waals surface area (Å²) in [7, 11) is 4.39. The molecule has 17 heavy (non-hydrogen) atoms. The maximum Gasteiger partial charge on any atom is 0.0501 e. The van der Waals surface area contributed by atoms with Gasteiger partial charge in [-0.2, -0.15) is 0 Å². The fourth-order valence-corrected chi connectivity index (χ4v) is 3.41. The van der Waals surface area contributed by atoms with Crippen LogP contribution >= 0.6 is 22.6 Å². The molecule has 1 aliphatic heterocycles. The first-order valence-corrected chi connectivity index (χ1v) is 7.12. The third kappa shape index (κ3) is 3.04. The minimum atomic E-state index is 0.688. The minimum absolute atomic E-state index is 0.688. The van der Waals surface area contributed by atoms with Gasteiger partial charge in [-0.25, -0.2) is 0 Å². The van der Waals surface area contributed by atoms with Gasteiger partial charge in [0.15, 0.2) is 0 Å². The lowest BCUT2D eigenvalue weighted by atomic mass is 10.2. The molecule has 0 saturated carbocycles. The zero-order valence-corrected chi connectivity index (χ0v) is 12.6. The van der Waals surface area contributed by atoms with E-state index < -0.39 is 0 Å². The van der Waals surface area contributed by atoms with Crippen LogP contribution in [0.1, 0.15) is 12.8 Å². The van der Waals surface area contributed by atoms with Crippen molar-refractivity contribution in [2.75, 3.05) is 37.8 Å². The largest absolute Gasteiger partial charge is 0.399 e. The van der Waals surface area contributed by atoms with Gasteiger partial charge in [0.2, 0.25) is 0 Å². The zero-order valence-electron chi connectivity index (χ0n) is 10.5. The molecule has 0 aromatic heterocycles. The van der Waals surface area contributed by atoms with Gasteiger partial charge in [0.05, 0.1) is 5.69 Å². The van der Waals surface area contributed by atoms with E-state index in [2.05, 4.69) is 52.6 Å². The van der Waals surface area contributed by atoms with Crippen LogP contribution in [0.5, 0.6) is 0 Å². The zero-order chi connectivity index (χ0) is 12.4. The molecule has 0 amide bonds. The van der Waals surface area contributed by atoms with Gasteiger partial charge in [-0.15, -0.1) is 0 Å². The highest BCUT2D eigenvalue weighted by Gasteiger charge is 2.22. The molecule has 1 aliphatic rings. The molecule has 1 aromatic rings. The van der Waals surface area contributed by atoms with E-state index in [4.69, 9.17) is 5.73 Å². The number of halogens is 1. The second-order valence-electron chi connectivity index (χ2n) is 4.87. The van der Waals surface area contributed by atoms with Gasteiger partial charge in [0.25, 0.3) is 0 Å². The van der Waals surface area contributed by atoms with Crippen molar-refractivity contribution in [2.24, 2.45) is 0 Å². The Labute approximate surface area is 117 Å². The van der Waals surface area contributed by atoms with Crippen molar-refractivity contribution in [3.63, 3.8) is 0 Å². The van der Waals surface area contributed by atoms with Gasteiger partial charge >= 0.3 is 0 Å². The average Bonchev–Trinajstić information content (AvgIpc) is 2.64. The number of hydrogen-bond acceptors (Lipinski definition) is 3. The number of likely N-dealkylation sites (N-methyl/N-ethyl adjacent to an activating group) is 2. The molecule has 1 aromatic carbocycles. The fraction of sp³-hybridized carbons (Fsp3) is 0.538. The Morgan fingerprint density at radius 1 is 1.53 bits per heavy atom. The van der Waals surface area contributed by atoms with Crippen molar-refractivity contribution in [3.05, 3.63) is 21.8 Å². The van der Waals surface area contributed by atoms with E-state index in [1.807, 2.05) is 12.1 Å². The van der Waals surface area contributed by atoms with Crippen molar-refractivity contribution in [1.82, 2.24) is 4.90 Å². The highest BCUT2D eigenvalue weighted by atomic mass is 127. The summed E-state index contributed by atoms with van der Waals surface area (Å²) in [5.41, 5.74) is 7.90. The molecule has 1 unspecified atom stereocenters. The fourth-order valence-electron chi connectivity index (χ4n) is 2.46. The van der Waals surface area contributed by atoms with Crippen LogP contribution in [0.15, 0.2) is 18.2 Å². The second kappa shape index (κ2) is 5.44. The Morgan fingerprint density at radius 2 is 2.29 bits per heavy atom. The van der Waals surface area contributed by atoms with Gasteiger partial charge in [-0.05, 0) is 67.2 Å². The van der Waals surface area contributed by atoms with Crippen LogP contribution in [-0.4, -0.2) is 38.1 Å². The summed E-state index contributed by atoms with van der Waals surface area (Å²) in [5, 5.41) is 0. The molecule has 1 atom stereocenters. The lowest BCUT2D eigenvalue weighted by Crippen LogP contribution is -2.36. The summed E-state index contributed by atoms with van der Waals surface area (Å²) in [6.45, 7) is 2.33. The molecular weight excluding hydrogens is 325 g/mol. The Kier molecular flexibility index (Phi) is 4.14. The molecule has 1 saturated heterocycles. The number of nitrogen functional groups attached to an aromatic ring is 1. The van der Waals surface area contributed by atoms with Crippen LogP contribution in [0.25, 0.3) is 0 Å². The summed E-state index contributed by atoms with van der Waals surface area (Å²) in [5.74, 6) is 0. The van der Waals surface area contributed by atoms with Crippen LogP contribution < -0.4 is 10.6 Å². The summed E-state index contributed by atoms with van der Waals surface area (Å²) >= 11 is 2.36. The van der Waals surface area contributed by atoms with E-state index in [9.17, 15) is 0 Å². The van der Waals surface area contributed by atoms with Gasteiger partial charge in [0, 0.05) is 28.9 Å². The lowest BCUT2D eigenvalue weighted by Gasteiger charge is -2.28. The second-order valence-corrected chi connectivity index (χ2v) is 6.03. The number of nitrogens with two attached hydrogens (primary N) is 1. The first kappa shape index (κ1) is 13.0. The lowest BCUT2D eigenvalue weighted by molar-refractivity contribution is 0.314. The highest BCUT2D eigenvalue weighted by Crippen LogP contribution is 2.25. The molecule has 2 rings (SSSR count). The summed E-state index contributed by atoms with van der Waals surface area (Å²) in [6.07, 6.45) is 2.64. The van der Waals surface area contributed by atoms with Crippen molar-refractivity contribution < 1.29 is 0 Å². The van der Waals surface area contributed by atoms with E-state index in [-0.39, 0.29) is 0 Å². The van der Waals surface area contributed by atoms with Crippen molar-refractivity contribution in [2.45, 2.75) is 18.9 Å². The van der Waals surface area contributed by atoms with Crippen molar-refractivity contribution >= 4 is 34.0 Å². The van der Waals surface area contributed by atoms with E-state index in [1.54, 1.807) is 0 Å². The van der Waals surface area contributed by atoms with Crippen LogP contribution in [-0.2, 0) is 0 Å². The van der Waals surface area contributed by atoms with Gasteiger partial charge in [0.1, 0.15) is 0 Å². The van der Waals surface area contributed by atoms with Gasteiger partial charge < -0.3 is 15.5 Å². The molecule has 1 fully saturated rings. The third-order valence-corrected chi connectivity index (χ3v) is 4.40. The molecule has 94 valence electrons. The average molecular weight is 345 g/mol. The topological polar surface area (TPSA) is 32.5 Å². The van der Waals surface area contributed by atoms with Crippen molar-refractivity contribution in [3.8, 4) is 0 Å². The van der Waals surface area contributed by atoms with Crippen LogP contribution in [0.4, 0.5) is 11.4 Å². The standard InChI is InChI=1S/C13H20IN3/c1-16-7-3-4-11(16)9-17(2)13-6-5-10(15)8-12(13)14/h5-6,8,11H,3-4,7,9,15H2,1-2H3. The molecule has 4 heteroatoms. The van der Waals surface area contributed by atoms with E-state index >= 15 is 0 Å². The molecule has 0 spiro atoms. The maximum atomic E-state index is 5.78. The smallest absolute Gasteiger partial charge is 0.0501 e. The van der Waals surface area contributed by atoms with Gasteiger partial charge in [-0.1, -0.05) is 0 Å². The SMILES string of the molecule is CN(CC1CCCN1C)c1ccc(N)cc1I. The highest BCUT2D eigenvalue weighted by molar-refractivity contribution is 14.1.